The first-order valence-corrected chi connectivity index (χ1v) is 7.19. The molecule has 0 N–H and O–H groups in total. The van der Waals surface area contributed by atoms with Crippen LogP contribution in [-0.4, -0.2) is 21.1 Å². The van der Waals surface area contributed by atoms with Gasteiger partial charge in [0.1, 0.15) is 5.60 Å². The molecule has 0 bridgehead atoms. The average molecular weight is 273 g/mol. The van der Waals surface area contributed by atoms with E-state index in [0.717, 1.165) is 31.4 Å². The maximum atomic E-state index is 12.2. The monoisotopic (exact) mass is 273 g/mol. The van der Waals surface area contributed by atoms with E-state index >= 15 is 0 Å². The van der Waals surface area contributed by atoms with Crippen LogP contribution in [0.4, 0.5) is 0 Å². The van der Waals surface area contributed by atoms with Crippen molar-refractivity contribution >= 4 is 5.97 Å². The van der Waals surface area contributed by atoms with Crippen molar-refractivity contribution in [3.05, 3.63) is 17.7 Å². The third kappa shape index (κ3) is 2.20. The summed E-state index contributed by atoms with van der Waals surface area (Å²) in [6.07, 6.45) is 6.08. The molecule has 0 aromatic carbocycles. The van der Waals surface area contributed by atoms with Crippen LogP contribution < -0.4 is 0 Å². The predicted molar refractivity (Wildman–Crippen MR) is 72.0 cm³/mol. The summed E-state index contributed by atoms with van der Waals surface area (Å²) in [4.78, 5) is 16.6. The number of nitriles is 1. The molecular weight excluding hydrogens is 254 g/mol. The largest absolute Gasteiger partial charge is 0.455 e. The van der Waals surface area contributed by atoms with Crippen LogP contribution in [0.5, 0.6) is 0 Å². The van der Waals surface area contributed by atoms with Gasteiger partial charge in [-0.3, -0.25) is 0 Å². The molecule has 5 nitrogen and oxygen atoms in total. The molecule has 5 heteroatoms. The Kier molecular flexibility index (Phi) is 3.04. The lowest BCUT2D eigenvalue weighted by atomic mass is 9.86. The summed E-state index contributed by atoms with van der Waals surface area (Å²) >= 11 is 0. The van der Waals surface area contributed by atoms with Gasteiger partial charge in [-0.05, 0) is 39.5 Å². The molecule has 0 unspecified atom stereocenters. The van der Waals surface area contributed by atoms with Gasteiger partial charge in [0, 0.05) is 18.4 Å². The first-order chi connectivity index (χ1) is 9.50. The van der Waals surface area contributed by atoms with Crippen molar-refractivity contribution in [1.82, 2.24) is 9.55 Å². The summed E-state index contributed by atoms with van der Waals surface area (Å²) in [5.41, 5.74) is 0.986. The van der Waals surface area contributed by atoms with Crippen molar-refractivity contribution in [3.63, 3.8) is 0 Å². The van der Waals surface area contributed by atoms with Crippen LogP contribution >= 0.6 is 0 Å². The summed E-state index contributed by atoms with van der Waals surface area (Å²) in [6.45, 7) is 3.82. The molecule has 2 aliphatic rings. The number of imidazole rings is 1. The predicted octanol–water partition coefficient (Wildman–Crippen LogP) is 2.63. The minimum absolute atomic E-state index is 0.163. The Morgan fingerprint density at radius 2 is 2.10 bits per heavy atom. The zero-order valence-electron chi connectivity index (χ0n) is 11.9. The zero-order valence-corrected chi connectivity index (χ0v) is 11.9. The molecule has 2 heterocycles. The van der Waals surface area contributed by atoms with Crippen LogP contribution in [0.2, 0.25) is 0 Å². The Hall–Kier alpha value is -1.83. The van der Waals surface area contributed by atoms with Crippen molar-refractivity contribution in [3.8, 4) is 6.07 Å². The van der Waals surface area contributed by atoms with E-state index in [0.29, 0.717) is 12.1 Å². The molecule has 0 atom stereocenters. The van der Waals surface area contributed by atoms with E-state index in [1.807, 2.05) is 18.4 Å². The zero-order chi connectivity index (χ0) is 14.3. The highest BCUT2D eigenvalue weighted by molar-refractivity contribution is 5.90. The Morgan fingerprint density at radius 1 is 1.40 bits per heavy atom. The van der Waals surface area contributed by atoms with Gasteiger partial charge in [0.15, 0.2) is 5.69 Å². The number of fused-ring (bicyclic) bond motifs is 1. The standard InChI is InChI=1S/C15H19N3O2/c1-15(2)7-12-13(14(19)20-15)18(9-17-12)11-5-3-10(8-16)4-6-11/h9-11H,3-7H2,1-2H3. The number of nitrogens with zero attached hydrogens (tertiary/aromatic N) is 3. The fourth-order valence-corrected chi connectivity index (χ4v) is 3.25. The van der Waals surface area contributed by atoms with Gasteiger partial charge in [0.25, 0.3) is 0 Å². The van der Waals surface area contributed by atoms with Crippen LogP contribution in [-0.2, 0) is 11.2 Å². The molecule has 0 amide bonds. The molecule has 1 aliphatic heterocycles. The van der Waals surface area contributed by atoms with Crippen molar-refractivity contribution in [2.75, 3.05) is 0 Å². The molecular formula is C15H19N3O2. The molecule has 1 aromatic heterocycles. The summed E-state index contributed by atoms with van der Waals surface area (Å²) in [7, 11) is 0. The third-order valence-electron chi connectivity index (χ3n) is 4.30. The fraction of sp³-hybridized carbons (Fsp3) is 0.667. The number of rotatable bonds is 1. The van der Waals surface area contributed by atoms with E-state index in [9.17, 15) is 4.79 Å². The van der Waals surface area contributed by atoms with Gasteiger partial charge in [0.05, 0.1) is 18.1 Å². The van der Waals surface area contributed by atoms with E-state index in [2.05, 4.69) is 11.1 Å². The second-order valence-electron chi connectivity index (χ2n) is 6.41. The molecule has 1 aliphatic carbocycles. The van der Waals surface area contributed by atoms with Crippen LogP contribution in [0.15, 0.2) is 6.33 Å². The van der Waals surface area contributed by atoms with Crippen molar-refractivity contribution in [2.24, 2.45) is 5.92 Å². The lowest BCUT2D eigenvalue weighted by Crippen LogP contribution is -2.37. The van der Waals surface area contributed by atoms with E-state index < -0.39 is 5.60 Å². The second-order valence-corrected chi connectivity index (χ2v) is 6.41. The minimum atomic E-state index is -0.471. The van der Waals surface area contributed by atoms with Gasteiger partial charge in [0.2, 0.25) is 0 Å². The first-order valence-electron chi connectivity index (χ1n) is 7.19. The number of hydrogen-bond donors (Lipinski definition) is 0. The van der Waals surface area contributed by atoms with Gasteiger partial charge in [-0.1, -0.05) is 0 Å². The highest BCUT2D eigenvalue weighted by Gasteiger charge is 2.37. The third-order valence-corrected chi connectivity index (χ3v) is 4.30. The summed E-state index contributed by atoms with van der Waals surface area (Å²) in [6, 6.07) is 2.60. The molecule has 20 heavy (non-hydrogen) atoms. The number of ether oxygens (including phenoxy) is 1. The maximum Gasteiger partial charge on any atom is 0.357 e. The average Bonchev–Trinajstić information content (AvgIpc) is 2.81. The van der Waals surface area contributed by atoms with Gasteiger partial charge in [-0.2, -0.15) is 5.26 Å². The number of carbonyl (C=O) groups is 1. The minimum Gasteiger partial charge on any atom is -0.455 e. The van der Waals surface area contributed by atoms with Gasteiger partial charge < -0.3 is 9.30 Å². The van der Waals surface area contributed by atoms with Crippen molar-refractivity contribution in [2.45, 2.75) is 57.6 Å². The number of aromatic nitrogens is 2. The molecule has 0 spiro atoms. The molecule has 106 valence electrons. The van der Waals surface area contributed by atoms with Gasteiger partial charge in [-0.15, -0.1) is 0 Å². The van der Waals surface area contributed by atoms with Gasteiger partial charge in [-0.25, -0.2) is 9.78 Å². The Balaban J connectivity index is 1.86. The lowest BCUT2D eigenvalue weighted by molar-refractivity contribution is -0.00869. The first kappa shape index (κ1) is 13.2. The van der Waals surface area contributed by atoms with Crippen molar-refractivity contribution in [1.29, 1.82) is 5.26 Å². The second kappa shape index (κ2) is 4.62. The summed E-state index contributed by atoms with van der Waals surface area (Å²) in [5.74, 6) is -0.104. The SMILES string of the molecule is CC1(C)Cc2ncn(C3CCC(C#N)CC3)c2C(=O)O1. The molecule has 0 radical (unpaired) electrons. The summed E-state index contributed by atoms with van der Waals surface area (Å²) in [5, 5.41) is 8.96. The smallest absolute Gasteiger partial charge is 0.357 e. The number of carbonyl (C=O) groups excluding carboxylic acids is 1. The maximum absolute atomic E-state index is 12.2. The van der Waals surface area contributed by atoms with E-state index in [-0.39, 0.29) is 17.9 Å². The number of cyclic esters (lactones) is 1. The topological polar surface area (TPSA) is 67.9 Å². The van der Waals surface area contributed by atoms with Crippen molar-refractivity contribution < 1.29 is 9.53 Å². The highest BCUT2D eigenvalue weighted by Crippen LogP contribution is 2.35. The van der Waals surface area contributed by atoms with Gasteiger partial charge >= 0.3 is 5.97 Å². The molecule has 0 saturated heterocycles. The van der Waals surface area contributed by atoms with Crippen LogP contribution in [0.3, 0.4) is 0 Å². The summed E-state index contributed by atoms with van der Waals surface area (Å²) < 4.78 is 7.45. The molecule has 1 aromatic rings. The Bertz CT molecular complexity index is 574. The number of esters is 1. The lowest BCUT2D eigenvalue weighted by Gasteiger charge is -2.31. The highest BCUT2D eigenvalue weighted by atomic mass is 16.6. The van der Waals surface area contributed by atoms with E-state index in [1.165, 1.54) is 0 Å². The molecule has 1 saturated carbocycles. The normalized spacial score (nSPS) is 28.4. The Morgan fingerprint density at radius 3 is 2.75 bits per heavy atom. The molecule has 3 rings (SSSR count). The Labute approximate surface area is 118 Å². The van der Waals surface area contributed by atoms with E-state index in [1.54, 1.807) is 6.33 Å². The van der Waals surface area contributed by atoms with E-state index in [4.69, 9.17) is 10.00 Å². The number of hydrogen-bond acceptors (Lipinski definition) is 4. The van der Waals surface area contributed by atoms with Crippen LogP contribution in [0.1, 0.15) is 61.8 Å². The molecule has 1 fully saturated rings. The van der Waals surface area contributed by atoms with Crippen LogP contribution in [0, 0.1) is 17.2 Å². The fourth-order valence-electron chi connectivity index (χ4n) is 3.25. The van der Waals surface area contributed by atoms with Crippen LogP contribution in [0.25, 0.3) is 0 Å². The quantitative estimate of drug-likeness (QED) is 0.738.